The fourth-order valence-electron chi connectivity index (χ4n) is 4.83. The summed E-state index contributed by atoms with van der Waals surface area (Å²) in [6, 6.07) is 13.9. The molecule has 1 fully saturated rings. The number of H-pyrrole nitrogens is 1. The largest absolute Gasteiger partial charge is 0.336 e. The van der Waals surface area contributed by atoms with E-state index in [1.165, 1.54) is 0 Å². The molecule has 202 valence electrons. The highest BCUT2D eigenvalue weighted by atomic mass is 16.2. The first-order chi connectivity index (χ1) is 19.4. The van der Waals surface area contributed by atoms with E-state index in [4.69, 9.17) is 0 Å². The Morgan fingerprint density at radius 3 is 2.33 bits per heavy atom. The summed E-state index contributed by atoms with van der Waals surface area (Å²) in [5.41, 5.74) is 8.92. The molecule has 10 heteroatoms. The zero-order valence-electron chi connectivity index (χ0n) is 22.8. The summed E-state index contributed by atoms with van der Waals surface area (Å²) in [5.74, 6) is 0.108. The van der Waals surface area contributed by atoms with Crippen LogP contribution in [0, 0.1) is 6.92 Å². The molecular formula is C30H31N9O. The van der Waals surface area contributed by atoms with Crippen molar-refractivity contribution in [2.75, 3.05) is 33.2 Å². The van der Waals surface area contributed by atoms with Crippen molar-refractivity contribution in [3.63, 3.8) is 0 Å². The third kappa shape index (κ3) is 5.21. The van der Waals surface area contributed by atoms with Crippen molar-refractivity contribution in [1.29, 1.82) is 0 Å². The number of carbonyl (C=O) groups is 1. The standard InChI is InChI=1S/C18H19N5O.C12H12N4/c1-22-6-8-23(9-7-22)18(24)14-4-2-13(3-5-14)15-10-16-17(19-11-15)12-20-21-16;1-9-5-13-12-4-3-10(8-16(9)12)11-6-14-15(2)7-11/h2-5,10-12H,6-9H2,1H3,(H,20,21);3-8H,1-2H3. The maximum absolute atomic E-state index is 12.6. The molecule has 10 nitrogen and oxygen atoms in total. The summed E-state index contributed by atoms with van der Waals surface area (Å²) >= 11 is 0. The highest BCUT2D eigenvalue weighted by Crippen LogP contribution is 2.23. The van der Waals surface area contributed by atoms with Gasteiger partial charge in [0.05, 0.1) is 17.9 Å². The van der Waals surface area contributed by atoms with Crippen LogP contribution in [-0.2, 0) is 7.05 Å². The van der Waals surface area contributed by atoms with Crippen LogP contribution in [0.5, 0.6) is 0 Å². The van der Waals surface area contributed by atoms with Crippen LogP contribution in [-0.4, -0.2) is 83.3 Å². The lowest BCUT2D eigenvalue weighted by Crippen LogP contribution is -2.47. The van der Waals surface area contributed by atoms with E-state index in [1.54, 1.807) is 10.9 Å². The Kier molecular flexibility index (Phi) is 6.83. The number of hydrogen-bond donors (Lipinski definition) is 1. The van der Waals surface area contributed by atoms with Crippen LogP contribution in [0.15, 0.2) is 79.6 Å². The third-order valence-corrected chi connectivity index (χ3v) is 7.27. The second-order valence-electron chi connectivity index (χ2n) is 10.1. The van der Waals surface area contributed by atoms with Crippen LogP contribution >= 0.6 is 0 Å². The van der Waals surface area contributed by atoms with Crippen molar-refractivity contribution in [3.05, 3.63) is 90.9 Å². The van der Waals surface area contributed by atoms with Crippen LogP contribution in [0.1, 0.15) is 16.1 Å². The van der Waals surface area contributed by atoms with Gasteiger partial charge >= 0.3 is 0 Å². The molecule has 0 spiro atoms. The summed E-state index contributed by atoms with van der Waals surface area (Å²) in [5, 5.41) is 11.1. The average Bonchev–Trinajstić information content (AvgIpc) is 3.73. The summed E-state index contributed by atoms with van der Waals surface area (Å²) in [4.78, 5) is 25.4. The molecular weight excluding hydrogens is 502 g/mol. The van der Waals surface area contributed by atoms with Crippen LogP contribution in [0.2, 0.25) is 0 Å². The number of nitrogens with zero attached hydrogens (tertiary/aromatic N) is 8. The lowest BCUT2D eigenvalue weighted by molar-refractivity contribution is 0.0664. The van der Waals surface area contributed by atoms with Gasteiger partial charge in [-0.25, -0.2) is 4.98 Å². The highest BCUT2D eigenvalue weighted by Gasteiger charge is 2.20. The SMILES string of the molecule is CN1CCN(C(=O)c2ccc(-c3cnc4cn[nH]c4c3)cc2)CC1.Cc1cnc2ccc(-c3cnn(C)c3)cn12. The van der Waals surface area contributed by atoms with Crippen LogP contribution < -0.4 is 0 Å². The number of carbonyl (C=O) groups excluding carboxylic acids is 1. The van der Waals surface area contributed by atoms with E-state index in [1.807, 2.05) is 80.1 Å². The molecule has 7 rings (SSSR count). The van der Waals surface area contributed by atoms with E-state index in [0.29, 0.717) is 0 Å². The van der Waals surface area contributed by atoms with E-state index >= 15 is 0 Å². The Morgan fingerprint density at radius 1 is 0.800 bits per heavy atom. The maximum atomic E-state index is 12.6. The van der Waals surface area contributed by atoms with Crippen molar-refractivity contribution in [2.45, 2.75) is 6.92 Å². The number of aryl methyl sites for hydroxylation is 2. The van der Waals surface area contributed by atoms with Gasteiger partial charge < -0.3 is 14.2 Å². The number of piperazine rings is 1. The first-order valence-electron chi connectivity index (χ1n) is 13.2. The molecule has 1 aliphatic rings. The molecule has 6 heterocycles. The van der Waals surface area contributed by atoms with Crippen LogP contribution in [0.4, 0.5) is 0 Å². The van der Waals surface area contributed by atoms with Crippen molar-refractivity contribution in [2.24, 2.45) is 7.05 Å². The van der Waals surface area contributed by atoms with Crippen molar-refractivity contribution >= 4 is 22.6 Å². The topological polar surface area (TPSA) is 100 Å². The molecule has 1 aliphatic heterocycles. The molecule has 0 atom stereocenters. The predicted molar refractivity (Wildman–Crippen MR) is 155 cm³/mol. The normalized spacial score (nSPS) is 13.9. The van der Waals surface area contributed by atoms with Crippen LogP contribution in [0.3, 0.4) is 0 Å². The summed E-state index contributed by atoms with van der Waals surface area (Å²) in [6.45, 7) is 5.49. The number of rotatable bonds is 3. The zero-order valence-corrected chi connectivity index (χ0v) is 22.8. The predicted octanol–water partition coefficient (Wildman–Crippen LogP) is 4.06. The fraction of sp³-hybridized carbons (Fsp3) is 0.233. The molecule has 0 bridgehead atoms. The molecule has 0 saturated carbocycles. The monoisotopic (exact) mass is 533 g/mol. The number of hydrogen-bond acceptors (Lipinski definition) is 6. The highest BCUT2D eigenvalue weighted by molar-refractivity contribution is 5.95. The first kappa shape index (κ1) is 25.4. The molecule has 1 amide bonds. The van der Waals surface area contributed by atoms with E-state index in [2.05, 4.69) is 53.9 Å². The fourth-order valence-corrected chi connectivity index (χ4v) is 4.83. The van der Waals surface area contributed by atoms with E-state index in [9.17, 15) is 4.79 Å². The number of pyridine rings is 2. The molecule has 0 radical (unpaired) electrons. The lowest BCUT2D eigenvalue weighted by Gasteiger charge is -2.32. The lowest BCUT2D eigenvalue weighted by atomic mass is 10.0. The van der Waals surface area contributed by atoms with Gasteiger partial charge in [-0.15, -0.1) is 0 Å². The Hall–Kier alpha value is -4.83. The number of benzene rings is 1. The van der Waals surface area contributed by atoms with Gasteiger partial charge in [-0.1, -0.05) is 12.1 Å². The van der Waals surface area contributed by atoms with Gasteiger partial charge in [-0.3, -0.25) is 19.6 Å². The van der Waals surface area contributed by atoms with Gasteiger partial charge in [-0.05, 0) is 49.9 Å². The Labute approximate surface area is 231 Å². The molecule has 0 unspecified atom stereocenters. The quantitative estimate of drug-likeness (QED) is 0.368. The first-order valence-corrected chi connectivity index (χ1v) is 13.2. The minimum Gasteiger partial charge on any atom is -0.336 e. The number of imidazole rings is 1. The van der Waals surface area contributed by atoms with E-state index in [0.717, 1.165) is 76.4 Å². The minimum absolute atomic E-state index is 0.108. The van der Waals surface area contributed by atoms with Gasteiger partial charge in [0.15, 0.2) is 0 Å². The zero-order chi connectivity index (χ0) is 27.6. The minimum atomic E-state index is 0.108. The van der Waals surface area contributed by atoms with Gasteiger partial charge in [0.25, 0.3) is 5.91 Å². The molecule has 5 aromatic heterocycles. The second kappa shape index (κ2) is 10.7. The Morgan fingerprint density at radius 2 is 1.57 bits per heavy atom. The maximum Gasteiger partial charge on any atom is 0.253 e. The van der Waals surface area contributed by atoms with Crippen molar-refractivity contribution in [1.82, 2.24) is 44.1 Å². The number of amides is 1. The van der Waals surface area contributed by atoms with Gasteiger partial charge in [0.2, 0.25) is 0 Å². The third-order valence-electron chi connectivity index (χ3n) is 7.27. The molecule has 6 aromatic rings. The smallest absolute Gasteiger partial charge is 0.253 e. The summed E-state index contributed by atoms with van der Waals surface area (Å²) in [6.07, 6.45) is 11.4. The van der Waals surface area contributed by atoms with Gasteiger partial charge in [0.1, 0.15) is 11.2 Å². The molecule has 0 aliphatic carbocycles. The van der Waals surface area contributed by atoms with Crippen molar-refractivity contribution < 1.29 is 4.79 Å². The van der Waals surface area contributed by atoms with E-state index < -0.39 is 0 Å². The second-order valence-corrected chi connectivity index (χ2v) is 10.1. The summed E-state index contributed by atoms with van der Waals surface area (Å²) in [7, 11) is 4.01. The summed E-state index contributed by atoms with van der Waals surface area (Å²) < 4.78 is 3.89. The number of likely N-dealkylation sites (N-methyl/N-ethyl adjacent to an activating group) is 1. The van der Waals surface area contributed by atoms with Gasteiger partial charge in [-0.2, -0.15) is 10.2 Å². The number of aromatic amines is 1. The number of fused-ring (bicyclic) bond motifs is 2. The Balaban J connectivity index is 0.000000157. The van der Waals surface area contributed by atoms with Crippen LogP contribution in [0.25, 0.3) is 38.9 Å². The van der Waals surface area contributed by atoms with E-state index in [-0.39, 0.29) is 5.91 Å². The number of aromatic nitrogens is 7. The molecule has 40 heavy (non-hydrogen) atoms. The Bertz CT molecular complexity index is 1770. The average molecular weight is 534 g/mol. The molecule has 1 saturated heterocycles. The number of nitrogens with one attached hydrogen (secondary N) is 1. The van der Waals surface area contributed by atoms with Gasteiger partial charge in [0, 0.05) is 86.0 Å². The molecule has 1 aromatic carbocycles. The van der Waals surface area contributed by atoms with Crippen molar-refractivity contribution in [3.8, 4) is 22.3 Å². The molecule has 1 N–H and O–H groups in total.